The highest BCUT2D eigenvalue weighted by atomic mass is 35.5. The van der Waals surface area contributed by atoms with Gasteiger partial charge in [-0.05, 0) is 42.5 Å². The number of rotatable bonds is 6. The Bertz CT molecular complexity index is 956. The molecule has 2 aromatic carbocycles. The third-order valence-electron chi connectivity index (χ3n) is 3.85. The Labute approximate surface area is 150 Å². The molecule has 1 heterocycles. The largest absolute Gasteiger partial charge is 0.497 e. The predicted octanol–water partition coefficient (Wildman–Crippen LogP) is 3.76. The van der Waals surface area contributed by atoms with Gasteiger partial charge in [-0.15, -0.1) is 0 Å². The van der Waals surface area contributed by atoms with Gasteiger partial charge in [-0.2, -0.15) is 0 Å². The molecule has 0 spiro atoms. The van der Waals surface area contributed by atoms with Gasteiger partial charge in [0.25, 0.3) is 0 Å². The van der Waals surface area contributed by atoms with E-state index in [2.05, 4.69) is 22.2 Å². The molecule has 6 heteroatoms. The van der Waals surface area contributed by atoms with Gasteiger partial charge in [-0.25, -0.2) is 4.98 Å². The number of benzene rings is 2. The van der Waals surface area contributed by atoms with Crippen LogP contribution in [0.15, 0.2) is 49.1 Å². The first-order valence-electron chi connectivity index (χ1n) is 7.83. The summed E-state index contributed by atoms with van der Waals surface area (Å²) in [6.45, 7) is 4.48. The van der Waals surface area contributed by atoms with Crippen LogP contribution in [0, 0.1) is 0 Å². The minimum Gasteiger partial charge on any atom is -0.497 e. The minimum absolute atomic E-state index is 0.195. The van der Waals surface area contributed by atoms with Crippen LogP contribution in [0.4, 0.5) is 5.69 Å². The molecule has 0 aliphatic rings. The second kappa shape index (κ2) is 7.40. The number of ether oxygens (including phenoxy) is 1. The summed E-state index contributed by atoms with van der Waals surface area (Å²) in [6.07, 6.45) is 1.25. The van der Waals surface area contributed by atoms with E-state index in [0.717, 1.165) is 33.2 Å². The maximum atomic E-state index is 11.3. The number of hydrogen-bond acceptors (Lipinski definition) is 4. The maximum absolute atomic E-state index is 11.3. The van der Waals surface area contributed by atoms with E-state index in [1.165, 1.54) is 6.08 Å². The Kier molecular flexibility index (Phi) is 5.05. The molecule has 0 bridgehead atoms. The minimum atomic E-state index is -0.195. The van der Waals surface area contributed by atoms with E-state index >= 15 is 0 Å². The van der Waals surface area contributed by atoms with Crippen molar-refractivity contribution in [3.63, 3.8) is 0 Å². The zero-order valence-corrected chi connectivity index (χ0v) is 14.6. The van der Waals surface area contributed by atoms with Crippen molar-refractivity contribution in [3.05, 3.63) is 54.1 Å². The SMILES string of the molecule is C=CC(=O)NCCNc1c2ccc(Cl)cc2nc2ccc(OC)cc12. The molecule has 25 heavy (non-hydrogen) atoms. The van der Waals surface area contributed by atoms with Crippen LogP contribution in [0.5, 0.6) is 5.75 Å². The van der Waals surface area contributed by atoms with Crippen molar-refractivity contribution in [1.29, 1.82) is 0 Å². The Hall–Kier alpha value is -2.79. The summed E-state index contributed by atoms with van der Waals surface area (Å²) in [4.78, 5) is 16.0. The second-order valence-corrected chi connectivity index (χ2v) is 5.89. The molecule has 1 aromatic heterocycles. The third kappa shape index (κ3) is 3.67. The fourth-order valence-corrected chi connectivity index (χ4v) is 2.83. The molecular formula is C19H18ClN3O2. The Balaban J connectivity index is 2.03. The highest BCUT2D eigenvalue weighted by Gasteiger charge is 2.10. The summed E-state index contributed by atoms with van der Waals surface area (Å²) in [6, 6.07) is 11.3. The summed E-state index contributed by atoms with van der Waals surface area (Å²) < 4.78 is 5.34. The summed E-state index contributed by atoms with van der Waals surface area (Å²) in [7, 11) is 1.63. The molecule has 0 aliphatic heterocycles. The van der Waals surface area contributed by atoms with Crippen LogP contribution in [0.2, 0.25) is 5.02 Å². The number of carbonyl (C=O) groups is 1. The number of aromatic nitrogens is 1. The average molecular weight is 356 g/mol. The Morgan fingerprint density at radius 2 is 2.04 bits per heavy atom. The normalized spacial score (nSPS) is 10.6. The van der Waals surface area contributed by atoms with E-state index in [1.54, 1.807) is 7.11 Å². The van der Waals surface area contributed by atoms with Gasteiger partial charge in [0.1, 0.15) is 5.75 Å². The molecule has 0 fully saturated rings. The number of nitrogens with zero attached hydrogens (tertiary/aromatic N) is 1. The topological polar surface area (TPSA) is 63.2 Å². The number of anilines is 1. The van der Waals surface area contributed by atoms with E-state index in [1.807, 2.05) is 36.4 Å². The van der Waals surface area contributed by atoms with Crippen molar-refractivity contribution in [3.8, 4) is 5.75 Å². The van der Waals surface area contributed by atoms with Gasteiger partial charge in [0.15, 0.2) is 0 Å². The van der Waals surface area contributed by atoms with Crippen molar-refractivity contribution in [2.45, 2.75) is 0 Å². The van der Waals surface area contributed by atoms with Crippen LogP contribution in [0.1, 0.15) is 0 Å². The molecule has 0 aliphatic carbocycles. The first-order chi connectivity index (χ1) is 12.1. The highest BCUT2D eigenvalue weighted by molar-refractivity contribution is 6.31. The first kappa shape index (κ1) is 17.0. The quantitative estimate of drug-likeness (QED) is 0.401. The fraction of sp³-hybridized carbons (Fsp3) is 0.158. The standard InChI is InChI=1S/C19H18ClN3O2/c1-3-18(24)21-8-9-22-19-14-6-4-12(20)10-17(14)23-16-7-5-13(25-2)11-15(16)19/h3-7,10-11H,1,8-9H2,2H3,(H,21,24)(H,22,23). The smallest absolute Gasteiger partial charge is 0.243 e. The number of halogens is 1. The summed E-state index contributed by atoms with van der Waals surface area (Å²) in [5, 5.41) is 8.69. The lowest BCUT2D eigenvalue weighted by Crippen LogP contribution is -2.27. The van der Waals surface area contributed by atoms with Crippen molar-refractivity contribution in [2.24, 2.45) is 0 Å². The van der Waals surface area contributed by atoms with Crippen LogP contribution in [0.25, 0.3) is 21.8 Å². The van der Waals surface area contributed by atoms with Crippen molar-refractivity contribution in [2.75, 3.05) is 25.5 Å². The number of hydrogen-bond donors (Lipinski definition) is 2. The number of pyridine rings is 1. The Morgan fingerprint density at radius 1 is 1.20 bits per heavy atom. The molecule has 0 atom stereocenters. The number of fused-ring (bicyclic) bond motifs is 2. The van der Waals surface area contributed by atoms with Crippen LogP contribution in [0.3, 0.4) is 0 Å². The lowest BCUT2D eigenvalue weighted by molar-refractivity contribution is -0.116. The fourth-order valence-electron chi connectivity index (χ4n) is 2.66. The van der Waals surface area contributed by atoms with Crippen LogP contribution >= 0.6 is 11.6 Å². The molecule has 3 rings (SSSR count). The molecule has 1 amide bonds. The maximum Gasteiger partial charge on any atom is 0.243 e. The number of amides is 1. The van der Waals surface area contributed by atoms with Gasteiger partial charge in [0.2, 0.25) is 5.91 Å². The number of carbonyl (C=O) groups excluding carboxylic acids is 1. The molecule has 0 unspecified atom stereocenters. The van der Waals surface area contributed by atoms with Crippen molar-refractivity contribution < 1.29 is 9.53 Å². The van der Waals surface area contributed by atoms with E-state index in [-0.39, 0.29) is 5.91 Å². The number of nitrogens with one attached hydrogen (secondary N) is 2. The van der Waals surface area contributed by atoms with Crippen LogP contribution < -0.4 is 15.4 Å². The lowest BCUT2D eigenvalue weighted by Gasteiger charge is -2.14. The number of methoxy groups -OCH3 is 1. The summed E-state index contributed by atoms with van der Waals surface area (Å²) in [5.41, 5.74) is 2.58. The van der Waals surface area contributed by atoms with Crippen LogP contribution in [-0.2, 0) is 4.79 Å². The molecule has 0 radical (unpaired) electrons. The zero-order valence-electron chi connectivity index (χ0n) is 13.8. The third-order valence-corrected chi connectivity index (χ3v) is 4.09. The molecule has 3 aromatic rings. The second-order valence-electron chi connectivity index (χ2n) is 5.45. The van der Waals surface area contributed by atoms with E-state index in [4.69, 9.17) is 16.3 Å². The molecule has 0 saturated heterocycles. The lowest BCUT2D eigenvalue weighted by atomic mass is 10.1. The monoisotopic (exact) mass is 355 g/mol. The average Bonchev–Trinajstić information content (AvgIpc) is 2.63. The predicted molar refractivity (Wildman–Crippen MR) is 103 cm³/mol. The zero-order chi connectivity index (χ0) is 17.8. The van der Waals surface area contributed by atoms with E-state index in [0.29, 0.717) is 18.1 Å². The Morgan fingerprint density at radius 3 is 2.80 bits per heavy atom. The summed E-state index contributed by atoms with van der Waals surface area (Å²) >= 11 is 6.11. The van der Waals surface area contributed by atoms with Crippen LogP contribution in [-0.4, -0.2) is 31.1 Å². The molecule has 0 saturated carbocycles. The molecule has 5 nitrogen and oxygen atoms in total. The molecule has 128 valence electrons. The van der Waals surface area contributed by atoms with Gasteiger partial charge in [-0.1, -0.05) is 18.2 Å². The van der Waals surface area contributed by atoms with E-state index < -0.39 is 0 Å². The van der Waals surface area contributed by atoms with Gasteiger partial charge in [0, 0.05) is 28.9 Å². The van der Waals surface area contributed by atoms with Crippen molar-refractivity contribution in [1.82, 2.24) is 10.3 Å². The van der Waals surface area contributed by atoms with Gasteiger partial charge in [-0.3, -0.25) is 4.79 Å². The van der Waals surface area contributed by atoms with Gasteiger partial charge in [0.05, 0.1) is 23.8 Å². The molecular weight excluding hydrogens is 338 g/mol. The van der Waals surface area contributed by atoms with Gasteiger partial charge < -0.3 is 15.4 Å². The van der Waals surface area contributed by atoms with E-state index in [9.17, 15) is 4.79 Å². The van der Waals surface area contributed by atoms with Gasteiger partial charge >= 0.3 is 0 Å². The van der Waals surface area contributed by atoms with Crippen molar-refractivity contribution >= 4 is 45.0 Å². The highest BCUT2D eigenvalue weighted by Crippen LogP contribution is 2.33. The first-order valence-corrected chi connectivity index (χ1v) is 8.21. The molecule has 2 N–H and O–H groups in total. The summed E-state index contributed by atoms with van der Waals surface area (Å²) in [5.74, 6) is 0.560.